The van der Waals surface area contributed by atoms with Crippen LogP contribution in [-0.2, 0) is 9.59 Å². The highest BCUT2D eigenvalue weighted by Crippen LogP contribution is 2.32. The molecule has 2 amide bonds. The monoisotopic (exact) mass is 408 g/mol. The summed E-state index contributed by atoms with van der Waals surface area (Å²) in [5.41, 5.74) is 7.88. The lowest BCUT2D eigenvalue weighted by atomic mass is 9.83. The Bertz CT molecular complexity index is 964. The number of fused-ring (bicyclic) bond motifs is 2. The highest BCUT2D eigenvalue weighted by atomic mass is 16.2. The highest BCUT2D eigenvalue weighted by molar-refractivity contribution is 6.29. The third-order valence-corrected chi connectivity index (χ3v) is 4.76. The molecule has 0 aliphatic heterocycles. The average molecular weight is 408 g/mol. The zero-order valence-corrected chi connectivity index (χ0v) is 17.4. The number of carbonyl (C=O) groups excluding carboxylic acids is 4. The molecule has 0 radical (unpaired) electrons. The van der Waals surface area contributed by atoms with Gasteiger partial charge in [-0.25, -0.2) is 20.9 Å². The molecule has 0 heterocycles. The molecule has 1 aliphatic rings. The van der Waals surface area contributed by atoms with Crippen LogP contribution in [0.15, 0.2) is 36.4 Å². The second kappa shape index (κ2) is 8.56. The summed E-state index contributed by atoms with van der Waals surface area (Å²) in [5.74, 6) is -1.06. The number of nitrogens with zero attached hydrogens (tertiary/aromatic N) is 2. The number of nitrogens with one attached hydrogen (secondary N) is 2. The summed E-state index contributed by atoms with van der Waals surface area (Å²) in [6, 6.07) is 9.47. The van der Waals surface area contributed by atoms with Gasteiger partial charge in [-0.05, 0) is 36.4 Å². The van der Waals surface area contributed by atoms with Crippen LogP contribution in [0.5, 0.6) is 0 Å². The van der Waals surface area contributed by atoms with E-state index in [-0.39, 0.29) is 45.6 Å². The quantitative estimate of drug-likeness (QED) is 0.607. The fourth-order valence-corrected chi connectivity index (χ4v) is 3.49. The first-order chi connectivity index (χ1) is 14.3. The van der Waals surface area contributed by atoms with Gasteiger partial charge in [-0.1, -0.05) is 13.8 Å². The Morgan fingerprint density at radius 1 is 0.700 bits per heavy atom. The van der Waals surface area contributed by atoms with Gasteiger partial charge in [0.05, 0.1) is 11.4 Å². The molecule has 2 N–H and O–H groups in total. The van der Waals surface area contributed by atoms with Crippen LogP contribution in [0.2, 0.25) is 0 Å². The van der Waals surface area contributed by atoms with Crippen LogP contribution in [0, 0.1) is 0 Å². The Kier molecular flexibility index (Phi) is 6.09. The first kappa shape index (κ1) is 21.4. The zero-order valence-electron chi connectivity index (χ0n) is 17.4. The third-order valence-electron chi connectivity index (χ3n) is 4.76. The van der Waals surface area contributed by atoms with E-state index in [0.717, 1.165) is 0 Å². The van der Waals surface area contributed by atoms with Crippen molar-refractivity contribution >= 4 is 34.8 Å². The number of carbonyl (C=O) groups is 4. The summed E-state index contributed by atoms with van der Waals surface area (Å²) >= 11 is 0. The second-order valence-electron chi connectivity index (χ2n) is 6.85. The zero-order chi connectivity index (χ0) is 22.0. The number of hydrazine groups is 2. The van der Waals surface area contributed by atoms with Gasteiger partial charge in [0.25, 0.3) is 0 Å². The minimum Gasteiger partial charge on any atom is -0.289 e. The Hall–Kier alpha value is -3.36. The summed E-state index contributed by atoms with van der Waals surface area (Å²) < 4.78 is 0. The van der Waals surface area contributed by atoms with Gasteiger partial charge < -0.3 is 0 Å². The van der Waals surface area contributed by atoms with Crippen LogP contribution in [-0.4, -0.2) is 36.5 Å². The van der Waals surface area contributed by atoms with Gasteiger partial charge in [0.2, 0.25) is 11.8 Å². The van der Waals surface area contributed by atoms with Crippen LogP contribution < -0.4 is 20.9 Å². The van der Waals surface area contributed by atoms with Gasteiger partial charge in [0, 0.05) is 49.2 Å². The van der Waals surface area contributed by atoms with E-state index in [1.165, 1.54) is 23.9 Å². The van der Waals surface area contributed by atoms with E-state index in [2.05, 4.69) is 10.9 Å². The molecular formula is C22H24N4O4. The Morgan fingerprint density at radius 3 is 1.37 bits per heavy atom. The SMILES string of the molecule is CCNN(C(C)=O)c1ccc2c(c1)C(=O)c1ccc(N(NCC)C(C)=O)cc1C2=O. The molecule has 0 spiro atoms. The molecule has 0 bridgehead atoms. The molecule has 0 unspecified atom stereocenters. The summed E-state index contributed by atoms with van der Waals surface area (Å²) in [7, 11) is 0. The standard InChI is InChI=1S/C22H24N4O4/c1-5-23-25(13(3)27)15-7-9-17-19(11-15)21(29)18-10-8-16(12-20(18)22(17)30)26(14(4)28)24-6-2/h7-12,23-24H,5-6H2,1-4H3. The first-order valence-electron chi connectivity index (χ1n) is 9.76. The summed E-state index contributed by atoms with van der Waals surface area (Å²) in [5, 5.41) is 2.69. The van der Waals surface area contributed by atoms with Crippen molar-refractivity contribution in [3.8, 4) is 0 Å². The number of amides is 2. The normalized spacial score (nSPS) is 12.3. The van der Waals surface area contributed by atoms with Gasteiger partial charge >= 0.3 is 0 Å². The van der Waals surface area contributed by atoms with Crippen LogP contribution in [0.25, 0.3) is 0 Å². The van der Waals surface area contributed by atoms with Gasteiger partial charge in [-0.15, -0.1) is 0 Å². The molecule has 0 saturated carbocycles. The van der Waals surface area contributed by atoms with Crippen molar-refractivity contribution in [2.75, 3.05) is 23.1 Å². The lowest BCUT2D eigenvalue weighted by Crippen LogP contribution is -2.42. The first-order valence-corrected chi connectivity index (χ1v) is 9.76. The fourth-order valence-electron chi connectivity index (χ4n) is 3.49. The lowest BCUT2D eigenvalue weighted by molar-refractivity contribution is -0.118. The summed E-state index contributed by atoms with van der Waals surface area (Å²) in [6.45, 7) is 7.58. The van der Waals surface area contributed by atoms with Crippen molar-refractivity contribution in [1.82, 2.24) is 10.9 Å². The average Bonchev–Trinajstić information content (AvgIpc) is 2.73. The molecular weight excluding hydrogens is 384 g/mol. The smallest absolute Gasteiger partial charge is 0.238 e. The maximum atomic E-state index is 13.1. The Morgan fingerprint density at radius 2 is 1.07 bits per heavy atom. The highest BCUT2D eigenvalue weighted by Gasteiger charge is 2.31. The topological polar surface area (TPSA) is 98.8 Å². The molecule has 2 aromatic rings. The fraction of sp³-hybridized carbons (Fsp3) is 0.273. The Balaban J connectivity index is 2.06. The van der Waals surface area contributed by atoms with E-state index in [1.807, 2.05) is 13.8 Å². The molecule has 8 nitrogen and oxygen atoms in total. The van der Waals surface area contributed by atoms with Gasteiger partial charge in [-0.3, -0.25) is 19.2 Å². The van der Waals surface area contributed by atoms with Crippen molar-refractivity contribution < 1.29 is 19.2 Å². The van der Waals surface area contributed by atoms with Crippen molar-refractivity contribution in [1.29, 1.82) is 0 Å². The van der Waals surface area contributed by atoms with E-state index in [4.69, 9.17) is 0 Å². The van der Waals surface area contributed by atoms with Crippen molar-refractivity contribution in [3.05, 3.63) is 58.7 Å². The van der Waals surface area contributed by atoms with Crippen LogP contribution in [0.3, 0.4) is 0 Å². The summed E-state index contributed by atoms with van der Waals surface area (Å²) in [6.07, 6.45) is 0. The molecule has 3 rings (SSSR count). The predicted octanol–water partition coefficient (Wildman–Crippen LogP) is 2.22. The molecule has 0 atom stereocenters. The van der Waals surface area contributed by atoms with E-state index < -0.39 is 0 Å². The molecule has 2 aromatic carbocycles. The van der Waals surface area contributed by atoms with E-state index in [1.54, 1.807) is 36.4 Å². The minimum atomic E-state index is -0.300. The minimum absolute atomic E-state index is 0.232. The number of ketones is 2. The Labute approximate surface area is 174 Å². The summed E-state index contributed by atoms with van der Waals surface area (Å²) in [4.78, 5) is 50.1. The van der Waals surface area contributed by atoms with E-state index in [0.29, 0.717) is 24.5 Å². The van der Waals surface area contributed by atoms with Crippen LogP contribution in [0.1, 0.15) is 59.5 Å². The predicted molar refractivity (Wildman–Crippen MR) is 113 cm³/mol. The number of rotatable bonds is 6. The number of benzene rings is 2. The number of hydrogen-bond acceptors (Lipinski definition) is 6. The molecule has 30 heavy (non-hydrogen) atoms. The number of anilines is 2. The molecule has 156 valence electrons. The third kappa shape index (κ3) is 3.74. The molecule has 0 fully saturated rings. The van der Waals surface area contributed by atoms with Gasteiger partial charge in [0.15, 0.2) is 11.6 Å². The number of hydrogen-bond donors (Lipinski definition) is 2. The second-order valence-corrected chi connectivity index (χ2v) is 6.85. The van der Waals surface area contributed by atoms with Gasteiger partial charge in [-0.2, -0.15) is 0 Å². The largest absolute Gasteiger partial charge is 0.289 e. The van der Waals surface area contributed by atoms with Gasteiger partial charge in [0.1, 0.15) is 0 Å². The molecule has 1 aliphatic carbocycles. The van der Waals surface area contributed by atoms with Crippen molar-refractivity contribution in [2.24, 2.45) is 0 Å². The molecule has 0 aromatic heterocycles. The van der Waals surface area contributed by atoms with E-state index in [9.17, 15) is 19.2 Å². The molecule has 8 heteroatoms. The van der Waals surface area contributed by atoms with E-state index >= 15 is 0 Å². The lowest BCUT2D eigenvalue weighted by Gasteiger charge is -2.25. The maximum Gasteiger partial charge on any atom is 0.238 e. The van der Waals surface area contributed by atoms with Crippen molar-refractivity contribution in [2.45, 2.75) is 27.7 Å². The van der Waals surface area contributed by atoms with Crippen molar-refractivity contribution in [3.63, 3.8) is 0 Å². The van der Waals surface area contributed by atoms with Crippen LogP contribution >= 0.6 is 0 Å². The molecule has 0 saturated heterocycles. The van der Waals surface area contributed by atoms with Crippen LogP contribution in [0.4, 0.5) is 11.4 Å². The maximum absolute atomic E-state index is 13.1.